The van der Waals surface area contributed by atoms with Gasteiger partial charge in [-0.05, 0) is 50.6 Å². The molecule has 6 atom stereocenters. The Morgan fingerprint density at radius 3 is 2.14 bits per heavy atom. The first-order valence-corrected chi connectivity index (χ1v) is 17.9. The number of hydrogen-bond donors (Lipinski definition) is 0. The molecule has 0 aliphatic carbocycles. The molecule has 1 aromatic carbocycles. The van der Waals surface area contributed by atoms with Crippen LogP contribution >= 0.6 is 22.9 Å². The van der Waals surface area contributed by atoms with Crippen molar-refractivity contribution in [3.8, 4) is 5.75 Å². The van der Waals surface area contributed by atoms with Crippen molar-refractivity contribution in [1.82, 2.24) is 0 Å². The minimum absolute atomic E-state index is 0.0720. The topological polar surface area (TPSA) is 170 Å². The Morgan fingerprint density at radius 1 is 0.922 bits per heavy atom. The van der Waals surface area contributed by atoms with Crippen molar-refractivity contribution in [2.24, 2.45) is 0 Å². The van der Waals surface area contributed by atoms with Crippen molar-refractivity contribution in [1.29, 1.82) is 0 Å². The molecule has 16 heteroatoms. The first-order valence-electron chi connectivity index (χ1n) is 16.5. The fraction of sp³-hybridized carbons (Fsp3) is 0.600. The highest BCUT2D eigenvalue weighted by Gasteiger charge is 2.53. The number of nitrogens with zero attached hydrogens (tertiary/aromatic N) is 1. The minimum atomic E-state index is -1.47. The van der Waals surface area contributed by atoms with Crippen molar-refractivity contribution in [3.63, 3.8) is 0 Å². The number of benzene rings is 1. The van der Waals surface area contributed by atoms with Crippen LogP contribution in [0, 0.1) is 6.92 Å². The fourth-order valence-corrected chi connectivity index (χ4v) is 7.45. The Labute approximate surface area is 304 Å². The van der Waals surface area contributed by atoms with Crippen LogP contribution in [0.1, 0.15) is 84.8 Å². The quantitative estimate of drug-likeness (QED) is 0.164. The number of esters is 5. The zero-order chi connectivity index (χ0) is 37.8. The van der Waals surface area contributed by atoms with Crippen LogP contribution in [0.3, 0.4) is 0 Å². The molecule has 1 aromatic heterocycles. The molecule has 51 heavy (non-hydrogen) atoms. The molecular formula is C35H44ClNO13S. The molecule has 4 rings (SSSR count). The number of amides is 1. The van der Waals surface area contributed by atoms with Crippen LogP contribution in [-0.4, -0.2) is 91.1 Å². The number of halogens is 1. The third-order valence-electron chi connectivity index (χ3n) is 7.98. The van der Waals surface area contributed by atoms with Crippen molar-refractivity contribution in [3.05, 3.63) is 22.6 Å². The lowest BCUT2D eigenvalue weighted by Gasteiger charge is -2.44. The van der Waals surface area contributed by atoms with Crippen LogP contribution in [0.25, 0.3) is 10.1 Å². The van der Waals surface area contributed by atoms with Crippen LogP contribution in [0.4, 0.5) is 5.69 Å². The van der Waals surface area contributed by atoms with Gasteiger partial charge in [-0.15, -0.1) is 22.9 Å². The lowest BCUT2D eigenvalue weighted by Crippen LogP contribution is -2.63. The lowest BCUT2D eigenvalue weighted by molar-refractivity contribution is -0.288. The number of thiophene rings is 1. The Morgan fingerprint density at radius 2 is 1.55 bits per heavy atom. The van der Waals surface area contributed by atoms with Gasteiger partial charge in [-0.3, -0.25) is 28.8 Å². The van der Waals surface area contributed by atoms with E-state index in [2.05, 4.69) is 0 Å². The number of anilines is 1. The van der Waals surface area contributed by atoms with Gasteiger partial charge in [-0.1, -0.05) is 0 Å². The fourth-order valence-electron chi connectivity index (χ4n) is 6.17. The molecule has 0 unspecified atom stereocenters. The molecule has 2 aliphatic heterocycles. The lowest BCUT2D eigenvalue weighted by atomic mass is 9.96. The van der Waals surface area contributed by atoms with Crippen LogP contribution in [-0.2, 0) is 57.2 Å². The summed E-state index contributed by atoms with van der Waals surface area (Å²) >= 11 is 7.84. The highest BCUT2D eigenvalue weighted by molar-refractivity contribution is 7.17. The van der Waals surface area contributed by atoms with E-state index in [1.165, 1.54) is 18.3 Å². The standard InChI is InChI=1S/C35H44ClNO13S/c1-17-16-51-33-24(12-23-29(28(17)33)22(13-36)14-37(23)26(42)10-9-11-27(43)50-35(6,7)8)48-34-32(47-21(5)41)31(46-20(4)40)30(45-19(3)39)25(49-34)15-44-18(2)38/h12,16,22,25,30-32,34H,9-11,13-15H2,1-8H3/t22-,25-,30+,31+,32-,34-/m1/s1. The molecule has 3 heterocycles. The van der Waals surface area contributed by atoms with Gasteiger partial charge in [0.05, 0.1) is 10.4 Å². The largest absolute Gasteiger partial charge is 0.463 e. The van der Waals surface area contributed by atoms with Crippen molar-refractivity contribution in [2.45, 2.75) is 117 Å². The maximum Gasteiger partial charge on any atom is 0.306 e. The van der Waals surface area contributed by atoms with Gasteiger partial charge in [0.15, 0.2) is 12.2 Å². The monoisotopic (exact) mass is 753 g/mol. The molecule has 0 N–H and O–H groups in total. The molecule has 0 radical (unpaired) electrons. The van der Waals surface area contributed by atoms with Gasteiger partial charge in [-0.25, -0.2) is 0 Å². The maximum atomic E-state index is 13.7. The van der Waals surface area contributed by atoms with Crippen molar-refractivity contribution >= 4 is 74.5 Å². The second-order valence-corrected chi connectivity index (χ2v) is 14.6. The molecule has 2 aliphatic rings. The normalized spacial score (nSPS) is 22.9. The van der Waals surface area contributed by atoms with E-state index in [4.69, 9.17) is 44.8 Å². The molecule has 0 bridgehead atoms. The maximum absolute atomic E-state index is 13.7. The zero-order valence-corrected chi connectivity index (χ0v) is 31.5. The Hall–Kier alpha value is -3.95. The van der Waals surface area contributed by atoms with E-state index in [0.29, 0.717) is 16.9 Å². The summed E-state index contributed by atoms with van der Waals surface area (Å²) in [5.41, 5.74) is 1.69. The number of carbonyl (C=O) groups excluding carboxylic acids is 6. The summed E-state index contributed by atoms with van der Waals surface area (Å²) in [5, 5.41) is 2.76. The molecule has 1 amide bonds. The van der Waals surface area contributed by atoms with Crippen molar-refractivity contribution < 1.29 is 61.9 Å². The van der Waals surface area contributed by atoms with Crippen molar-refractivity contribution in [2.75, 3.05) is 23.9 Å². The average molecular weight is 754 g/mol. The molecule has 280 valence electrons. The predicted octanol–water partition coefficient (Wildman–Crippen LogP) is 4.85. The Bertz CT molecular complexity index is 1670. The smallest absolute Gasteiger partial charge is 0.306 e. The average Bonchev–Trinajstić information content (AvgIpc) is 3.57. The van der Waals surface area contributed by atoms with Gasteiger partial charge >= 0.3 is 29.8 Å². The van der Waals surface area contributed by atoms with Gasteiger partial charge < -0.3 is 38.1 Å². The summed E-state index contributed by atoms with van der Waals surface area (Å²) in [7, 11) is 0. The first kappa shape index (κ1) is 39.8. The Balaban J connectivity index is 1.75. The number of rotatable bonds is 12. The molecular weight excluding hydrogens is 710 g/mol. The summed E-state index contributed by atoms with van der Waals surface area (Å²) in [6.07, 6.45) is -6.48. The third-order valence-corrected chi connectivity index (χ3v) is 9.47. The van der Waals surface area contributed by atoms with Gasteiger partial charge in [0.2, 0.25) is 18.3 Å². The molecule has 1 saturated heterocycles. The molecule has 2 aromatic rings. The molecule has 14 nitrogen and oxygen atoms in total. The molecule has 1 fully saturated rings. The summed E-state index contributed by atoms with van der Waals surface area (Å²) < 4.78 is 40.6. The minimum Gasteiger partial charge on any atom is -0.463 e. The number of alkyl halides is 1. The van der Waals surface area contributed by atoms with E-state index in [1.54, 1.807) is 31.7 Å². The summed E-state index contributed by atoms with van der Waals surface area (Å²) in [6, 6.07) is 1.68. The van der Waals surface area contributed by atoms with E-state index < -0.39 is 72.8 Å². The summed E-state index contributed by atoms with van der Waals surface area (Å²) in [4.78, 5) is 76.2. The Kier molecular flexibility index (Phi) is 13.0. The van der Waals surface area contributed by atoms with Gasteiger partial charge in [0.1, 0.15) is 24.1 Å². The highest BCUT2D eigenvalue weighted by atomic mass is 35.5. The SMILES string of the molecule is CC(=O)OC[C@H]1O[C@@H](Oc2cc3c(c4c(C)csc24)[C@H](CCl)CN3C(=O)CCCC(=O)OC(C)(C)C)[C@H](OC(C)=O)[C@@H](OC(C)=O)[C@H]1OC(C)=O. The third kappa shape index (κ3) is 9.89. The van der Waals surface area contributed by atoms with E-state index in [-0.39, 0.29) is 42.7 Å². The van der Waals surface area contributed by atoms with E-state index >= 15 is 0 Å². The van der Waals surface area contributed by atoms with Gasteiger partial charge in [0, 0.05) is 70.3 Å². The van der Waals surface area contributed by atoms with Crippen LogP contribution in [0.15, 0.2) is 11.4 Å². The zero-order valence-electron chi connectivity index (χ0n) is 29.9. The van der Waals surface area contributed by atoms with Gasteiger partial charge in [0.25, 0.3) is 0 Å². The number of aryl methyl sites for hydroxylation is 1. The molecule has 0 spiro atoms. The first-order chi connectivity index (χ1) is 23.9. The number of hydrogen-bond acceptors (Lipinski definition) is 14. The van der Waals surface area contributed by atoms with Crippen LogP contribution in [0.2, 0.25) is 0 Å². The highest BCUT2D eigenvalue weighted by Crippen LogP contribution is 2.49. The number of carbonyl (C=O) groups is 6. The number of ether oxygens (including phenoxy) is 7. The number of fused-ring (bicyclic) bond motifs is 3. The van der Waals surface area contributed by atoms with Crippen LogP contribution in [0.5, 0.6) is 5.75 Å². The van der Waals surface area contributed by atoms with Gasteiger partial charge in [-0.2, -0.15) is 0 Å². The predicted molar refractivity (Wildman–Crippen MR) is 185 cm³/mol. The second-order valence-electron chi connectivity index (χ2n) is 13.4. The van der Waals surface area contributed by atoms with E-state index in [9.17, 15) is 28.8 Å². The second kappa shape index (κ2) is 16.6. The van der Waals surface area contributed by atoms with Crippen LogP contribution < -0.4 is 9.64 Å². The summed E-state index contributed by atoms with van der Waals surface area (Å²) in [5.74, 6) is -3.28. The van der Waals surface area contributed by atoms with E-state index in [1.807, 2.05) is 12.3 Å². The van der Waals surface area contributed by atoms with E-state index in [0.717, 1.165) is 37.3 Å². The summed E-state index contributed by atoms with van der Waals surface area (Å²) in [6.45, 7) is 11.7. The molecule has 0 saturated carbocycles.